The number of aromatic nitrogens is 1. The zero-order chi connectivity index (χ0) is 14.7. The van der Waals surface area contributed by atoms with Crippen molar-refractivity contribution >= 4 is 27.5 Å². The number of thiazole rings is 1. The van der Waals surface area contributed by atoms with Crippen molar-refractivity contribution in [3.63, 3.8) is 0 Å². The number of rotatable bonds is 7. The van der Waals surface area contributed by atoms with E-state index in [1.165, 1.54) is 17.5 Å². The maximum absolute atomic E-state index is 11.8. The number of amides is 1. The third-order valence-electron chi connectivity index (χ3n) is 3.90. The second-order valence-corrected chi connectivity index (χ2v) is 6.85. The van der Waals surface area contributed by atoms with Gasteiger partial charge in [0.2, 0.25) is 5.91 Å². The number of nitrogens with one attached hydrogen (secondary N) is 1. The lowest BCUT2D eigenvalue weighted by Gasteiger charge is -2.11. The molecule has 1 fully saturated rings. The first-order valence-electron chi connectivity index (χ1n) is 7.59. The predicted octanol–water partition coefficient (Wildman–Crippen LogP) is 2.47. The Labute approximate surface area is 128 Å². The highest BCUT2D eigenvalue weighted by molar-refractivity contribution is 7.18. The van der Waals surface area contributed by atoms with Crippen LogP contribution < -0.4 is 11.1 Å². The Morgan fingerprint density at radius 1 is 1.43 bits per heavy atom. The van der Waals surface area contributed by atoms with Gasteiger partial charge in [0, 0.05) is 19.0 Å². The number of carbonyl (C=O) groups is 1. The summed E-state index contributed by atoms with van der Waals surface area (Å²) in [5.41, 5.74) is 7.02. The van der Waals surface area contributed by atoms with Gasteiger partial charge in [0.15, 0.2) is 0 Å². The summed E-state index contributed by atoms with van der Waals surface area (Å²) < 4.78 is 1.22. The number of hydrogen-bond donors (Lipinski definition) is 2. The first kappa shape index (κ1) is 14.5. The first-order chi connectivity index (χ1) is 10.2. The molecule has 3 N–H and O–H groups in total. The van der Waals surface area contributed by atoms with Crippen LogP contribution in [0.4, 0.5) is 0 Å². The summed E-state index contributed by atoms with van der Waals surface area (Å²) in [6.45, 7) is 0.616. The molecule has 112 valence electrons. The molecule has 1 aliphatic rings. The number of para-hydroxylation sites is 1. The Balaban J connectivity index is 1.39. The number of aryl methyl sites for hydroxylation is 1. The maximum Gasteiger partial charge on any atom is 0.220 e. The summed E-state index contributed by atoms with van der Waals surface area (Å²) in [6.07, 6.45) is 4.68. The summed E-state index contributed by atoms with van der Waals surface area (Å²) in [6, 6.07) is 8.28. The second kappa shape index (κ2) is 6.54. The number of fused-ring (bicyclic) bond motifs is 1. The van der Waals surface area contributed by atoms with E-state index in [4.69, 9.17) is 5.73 Å². The zero-order valence-corrected chi connectivity index (χ0v) is 12.9. The van der Waals surface area contributed by atoms with Gasteiger partial charge < -0.3 is 11.1 Å². The molecule has 1 aromatic heterocycles. The standard InChI is InChI=1S/C16H21N3OS/c17-12(11-8-9-11)10-18-15(20)6-3-7-16-19-13-4-1-2-5-14(13)21-16/h1-2,4-5,11-12H,3,6-10,17H2,(H,18,20). The molecule has 0 aliphatic heterocycles. The molecule has 0 radical (unpaired) electrons. The minimum absolute atomic E-state index is 0.104. The summed E-state index contributed by atoms with van der Waals surface area (Å²) in [5, 5.41) is 4.05. The van der Waals surface area contributed by atoms with E-state index < -0.39 is 0 Å². The number of benzene rings is 1. The topological polar surface area (TPSA) is 68.0 Å². The van der Waals surface area contributed by atoms with Crippen molar-refractivity contribution in [3.05, 3.63) is 29.3 Å². The van der Waals surface area contributed by atoms with Crippen molar-refractivity contribution in [2.24, 2.45) is 11.7 Å². The molecule has 1 unspecified atom stereocenters. The van der Waals surface area contributed by atoms with Crippen LogP contribution in [0, 0.1) is 5.92 Å². The average Bonchev–Trinajstić information content (AvgIpc) is 3.25. The molecule has 1 aliphatic carbocycles. The summed E-state index contributed by atoms with van der Waals surface area (Å²) in [7, 11) is 0. The summed E-state index contributed by atoms with van der Waals surface area (Å²) in [5.74, 6) is 0.736. The van der Waals surface area contributed by atoms with Crippen LogP contribution in [0.2, 0.25) is 0 Å². The predicted molar refractivity (Wildman–Crippen MR) is 86.3 cm³/mol. The van der Waals surface area contributed by atoms with Crippen LogP contribution in [0.25, 0.3) is 10.2 Å². The van der Waals surface area contributed by atoms with Gasteiger partial charge >= 0.3 is 0 Å². The van der Waals surface area contributed by atoms with E-state index in [1.807, 2.05) is 18.2 Å². The van der Waals surface area contributed by atoms with E-state index in [0.29, 0.717) is 18.9 Å². The van der Waals surface area contributed by atoms with Gasteiger partial charge in [-0.25, -0.2) is 4.98 Å². The minimum atomic E-state index is 0.104. The normalized spacial score (nSPS) is 16.0. The zero-order valence-electron chi connectivity index (χ0n) is 12.0. The van der Waals surface area contributed by atoms with Crippen molar-refractivity contribution in [1.29, 1.82) is 0 Å². The molecule has 1 saturated carbocycles. The minimum Gasteiger partial charge on any atom is -0.355 e. The van der Waals surface area contributed by atoms with Gasteiger partial charge in [-0.1, -0.05) is 12.1 Å². The lowest BCUT2D eigenvalue weighted by Crippen LogP contribution is -2.38. The fourth-order valence-electron chi connectivity index (χ4n) is 2.44. The van der Waals surface area contributed by atoms with E-state index >= 15 is 0 Å². The summed E-state index contributed by atoms with van der Waals surface area (Å²) in [4.78, 5) is 16.4. The molecule has 0 spiro atoms. The van der Waals surface area contributed by atoms with Gasteiger partial charge in [0.1, 0.15) is 0 Å². The van der Waals surface area contributed by atoms with Crippen LogP contribution in [0.5, 0.6) is 0 Å². The fraction of sp³-hybridized carbons (Fsp3) is 0.500. The molecule has 0 saturated heterocycles. The third-order valence-corrected chi connectivity index (χ3v) is 4.99. The van der Waals surface area contributed by atoms with Gasteiger partial charge in [0.05, 0.1) is 15.2 Å². The van der Waals surface area contributed by atoms with Crippen LogP contribution in [0.15, 0.2) is 24.3 Å². The maximum atomic E-state index is 11.8. The average molecular weight is 303 g/mol. The van der Waals surface area contributed by atoms with Crippen molar-refractivity contribution in [1.82, 2.24) is 10.3 Å². The molecule has 0 bridgehead atoms. The molecule has 5 heteroatoms. The molecule has 3 rings (SSSR count). The number of hydrogen-bond acceptors (Lipinski definition) is 4. The fourth-order valence-corrected chi connectivity index (χ4v) is 3.45. The van der Waals surface area contributed by atoms with Crippen LogP contribution in [0.3, 0.4) is 0 Å². The third kappa shape index (κ3) is 4.02. The van der Waals surface area contributed by atoms with E-state index in [9.17, 15) is 4.79 Å². The van der Waals surface area contributed by atoms with Gasteiger partial charge in [-0.3, -0.25) is 4.79 Å². The number of nitrogens with two attached hydrogens (primary N) is 1. The van der Waals surface area contributed by atoms with E-state index in [-0.39, 0.29) is 11.9 Å². The monoisotopic (exact) mass is 303 g/mol. The molecule has 1 aromatic carbocycles. The Kier molecular flexibility index (Phi) is 4.51. The van der Waals surface area contributed by atoms with Crippen LogP contribution >= 0.6 is 11.3 Å². The number of carbonyl (C=O) groups excluding carboxylic acids is 1. The molecule has 4 nitrogen and oxygen atoms in total. The smallest absolute Gasteiger partial charge is 0.220 e. The lowest BCUT2D eigenvalue weighted by molar-refractivity contribution is -0.121. The number of nitrogens with zero attached hydrogens (tertiary/aromatic N) is 1. The summed E-state index contributed by atoms with van der Waals surface area (Å²) >= 11 is 1.72. The highest BCUT2D eigenvalue weighted by Gasteiger charge is 2.28. The van der Waals surface area contributed by atoms with Crippen molar-refractivity contribution in [3.8, 4) is 0 Å². The largest absolute Gasteiger partial charge is 0.355 e. The molecule has 2 aromatic rings. The molecular weight excluding hydrogens is 282 g/mol. The molecule has 1 heterocycles. The van der Waals surface area contributed by atoms with Crippen molar-refractivity contribution in [2.45, 2.75) is 38.1 Å². The molecular formula is C16H21N3OS. The SMILES string of the molecule is NC(CNC(=O)CCCc1nc2ccccc2s1)C1CC1. The quantitative estimate of drug-likeness (QED) is 0.825. The van der Waals surface area contributed by atoms with Gasteiger partial charge in [-0.2, -0.15) is 0 Å². The van der Waals surface area contributed by atoms with E-state index in [2.05, 4.69) is 16.4 Å². The van der Waals surface area contributed by atoms with Crippen molar-refractivity contribution in [2.75, 3.05) is 6.54 Å². The highest BCUT2D eigenvalue weighted by atomic mass is 32.1. The highest BCUT2D eigenvalue weighted by Crippen LogP contribution is 2.31. The molecule has 21 heavy (non-hydrogen) atoms. The van der Waals surface area contributed by atoms with Gasteiger partial charge in [-0.05, 0) is 43.7 Å². The van der Waals surface area contributed by atoms with Crippen LogP contribution in [0.1, 0.15) is 30.7 Å². The Morgan fingerprint density at radius 3 is 3.00 bits per heavy atom. The van der Waals surface area contributed by atoms with Crippen LogP contribution in [-0.4, -0.2) is 23.5 Å². The first-order valence-corrected chi connectivity index (χ1v) is 8.41. The Bertz CT molecular complexity index is 588. The van der Waals surface area contributed by atoms with E-state index in [0.717, 1.165) is 23.4 Å². The molecule has 1 atom stereocenters. The van der Waals surface area contributed by atoms with E-state index in [1.54, 1.807) is 11.3 Å². The molecule has 1 amide bonds. The lowest BCUT2D eigenvalue weighted by atomic mass is 10.2. The van der Waals surface area contributed by atoms with Gasteiger partial charge in [-0.15, -0.1) is 11.3 Å². The second-order valence-electron chi connectivity index (χ2n) is 5.73. The Hall–Kier alpha value is -1.46. The van der Waals surface area contributed by atoms with Gasteiger partial charge in [0.25, 0.3) is 0 Å². The van der Waals surface area contributed by atoms with Crippen molar-refractivity contribution < 1.29 is 4.79 Å². The van der Waals surface area contributed by atoms with Crippen LogP contribution in [-0.2, 0) is 11.2 Å². The Morgan fingerprint density at radius 2 is 2.24 bits per heavy atom.